The number of allylic oxidation sites excluding steroid dienone is 7. The molecular weight excluding hydrogens is 1030 g/mol. The van der Waals surface area contributed by atoms with E-state index in [1.54, 1.807) is 13.8 Å². The molecule has 0 spiro atoms. The van der Waals surface area contributed by atoms with E-state index in [2.05, 4.69) is 9.41 Å². The van der Waals surface area contributed by atoms with Crippen LogP contribution in [-0.4, -0.2) is 97.3 Å². The van der Waals surface area contributed by atoms with E-state index < -0.39 is 39.8 Å². The second kappa shape index (κ2) is 33.4. The van der Waals surface area contributed by atoms with Gasteiger partial charge in [0.15, 0.2) is 23.1 Å². The normalized spacial score (nSPS) is 21.4. The van der Waals surface area contributed by atoms with Gasteiger partial charge in [0.05, 0.1) is 35.0 Å². The molecule has 0 amide bonds. The van der Waals surface area contributed by atoms with Gasteiger partial charge in [-0.3, -0.25) is 32.5 Å². The zero-order valence-electron chi connectivity index (χ0n) is 43.7. The fraction of sp³-hybridized carbons (Fsp3) is 0.543. The number of ketones is 2. The zero-order chi connectivity index (χ0) is 53.2. The van der Waals surface area contributed by atoms with Gasteiger partial charge >= 0.3 is 78.9 Å². The molecule has 26 heteroatoms. The van der Waals surface area contributed by atoms with E-state index in [1.165, 1.54) is 47.7 Å². The summed E-state index contributed by atoms with van der Waals surface area (Å²) in [5, 5.41) is 8.43. The first-order valence-corrected chi connectivity index (χ1v) is 24.1. The maximum Gasteiger partial charge on any atom is 1.00 e. The molecular formula is C46H67ClNa2O21P2. The molecule has 2 heterocycles. The fourth-order valence-electron chi connectivity index (χ4n) is 7.01. The van der Waals surface area contributed by atoms with Crippen molar-refractivity contribution in [2.24, 2.45) is 10.8 Å². The summed E-state index contributed by atoms with van der Waals surface area (Å²) in [6.45, 7) is 18.7. The van der Waals surface area contributed by atoms with Crippen LogP contribution < -0.4 is 69.3 Å². The van der Waals surface area contributed by atoms with E-state index in [9.17, 15) is 33.2 Å². The first-order chi connectivity index (χ1) is 32.0. The number of halogens is 1. The van der Waals surface area contributed by atoms with E-state index in [4.69, 9.17) is 68.2 Å². The van der Waals surface area contributed by atoms with E-state index in [0.29, 0.717) is 29.7 Å². The number of rotatable bonds is 17. The predicted molar refractivity (Wildman–Crippen MR) is 251 cm³/mol. The van der Waals surface area contributed by atoms with Gasteiger partial charge in [-0.1, -0.05) is 58.4 Å². The molecule has 4 rings (SSSR count). The number of Topliss-reactive ketones (excluding diaryl/α,β-unsaturated/α-hetero) is 2. The number of hydrogen-bond donors (Lipinski definition) is 0. The molecule has 4 atom stereocenters. The van der Waals surface area contributed by atoms with Crippen LogP contribution in [0.25, 0.3) is 0 Å². The van der Waals surface area contributed by atoms with E-state index in [1.807, 2.05) is 67.5 Å². The molecule has 0 aromatic heterocycles. The molecule has 21 nitrogen and oxygen atoms in total. The fourth-order valence-corrected chi connectivity index (χ4v) is 8.71. The quantitative estimate of drug-likeness (QED) is 0.0378. The van der Waals surface area contributed by atoms with Gasteiger partial charge in [-0.2, -0.15) is 0 Å². The van der Waals surface area contributed by atoms with Crippen molar-refractivity contribution < 1.29 is 158 Å². The van der Waals surface area contributed by atoms with Crippen molar-refractivity contribution in [3.05, 3.63) is 92.3 Å². The molecule has 0 N–H and O–H groups in total. The summed E-state index contributed by atoms with van der Waals surface area (Å²) in [6.07, 6.45) is 5.44. The number of cyclic esters (lactones) is 2. The molecule has 396 valence electrons. The van der Waals surface area contributed by atoms with Crippen molar-refractivity contribution in [1.82, 2.24) is 0 Å². The largest absolute Gasteiger partial charge is 1.00 e. The van der Waals surface area contributed by atoms with Gasteiger partial charge in [-0.05, 0) is 99.7 Å². The smallest absolute Gasteiger partial charge is 0.756 e. The minimum absolute atomic E-state index is 0. The van der Waals surface area contributed by atoms with Crippen LogP contribution in [-0.2, 0) is 89.0 Å². The minimum Gasteiger partial charge on any atom is -0.756 e. The predicted octanol–water partition coefficient (Wildman–Crippen LogP) is 1.39. The van der Waals surface area contributed by atoms with Gasteiger partial charge in [0.2, 0.25) is 11.5 Å². The zero-order valence-corrected chi connectivity index (χ0v) is 50.3. The van der Waals surface area contributed by atoms with Crippen LogP contribution in [0.3, 0.4) is 0 Å². The van der Waals surface area contributed by atoms with Crippen molar-refractivity contribution in [2.45, 2.75) is 102 Å². The Balaban J connectivity index is -0.00000102. The monoisotopic (exact) mass is 1100 g/mol. The molecule has 2 aliphatic heterocycles. The number of hydrogen-bond acceptors (Lipinski definition) is 21. The molecule has 0 saturated carbocycles. The van der Waals surface area contributed by atoms with E-state index in [0.717, 1.165) is 29.4 Å². The second-order valence-corrected chi connectivity index (χ2v) is 20.1. The SMILES string of the molecule is C.COC1=C(OC)/C(=C\CCl)OC1=O.COC1=C(OC)/C(=C\COP(=O)(OC)OC2CC(C)(C)C(C=C(C)C)=C(C)C2=O)OC1=O.COP(=O)([O-])OC1CC(C)(C)C(C=C(C)C)=C(C)C1=O.O=CO[O-].[Na+].[Na+]. The van der Waals surface area contributed by atoms with Crippen molar-refractivity contribution in [1.29, 1.82) is 0 Å². The van der Waals surface area contributed by atoms with Gasteiger partial charge in [-0.25, -0.2) is 14.2 Å². The maximum atomic E-state index is 13.0. The van der Waals surface area contributed by atoms with Crippen LogP contribution in [0, 0.1) is 10.8 Å². The standard InChI is InChI=1S/C22H31O9P.C14H23O5P.C8H9ClO4.CH2O3.CH4.2Na/c1-13(2)11-15-14(3)18(23)17(12-22(15,4)5)31-32(25,28-8)29-10-9-16-19(26-6)20(27-7)21(24)30-16;1-9(2)7-11-10(3)13(15)12(8-14(11,4)5)19-20(16,17)18-6;1-11-6-5(3-4-9)13-8(10)7(6)12-2;2-1-4-3;;;/h9,11,17H,10,12H2,1-8H3;7,12H,8H2,1-6H3,(H,16,17);3H,4H2,1-2H3;1,3H;1H4;;/q;;;;;2*+1/p-2/b16-9+;;5-3+;;;;. The third-order valence-electron chi connectivity index (χ3n) is 10.1. The number of carbonyl (C=O) groups is 5. The van der Waals surface area contributed by atoms with Crippen LogP contribution in [0.1, 0.15) is 89.5 Å². The number of phosphoric ester groups is 2. The topological polar surface area (TPSA) is 276 Å². The number of phosphoric acid groups is 2. The van der Waals surface area contributed by atoms with Crippen LogP contribution in [0.15, 0.2) is 92.3 Å². The number of ether oxygens (including phenoxy) is 6. The summed E-state index contributed by atoms with van der Waals surface area (Å²) in [5.74, 6) is -0.891. The Bertz CT molecular complexity index is 2280. The number of alkyl halides is 1. The van der Waals surface area contributed by atoms with Gasteiger partial charge in [-0.15, -0.1) is 11.6 Å². The van der Waals surface area contributed by atoms with Gasteiger partial charge < -0.3 is 52.5 Å². The van der Waals surface area contributed by atoms with Crippen molar-refractivity contribution >= 4 is 57.2 Å². The third-order valence-corrected chi connectivity index (χ3v) is 12.6. The third kappa shape index (κ3) is 21.2. The van der Waals surface area contributed by atoms with Crippen LogP contribution in [0.5, 0.6) is 0 Å². The number of carbonyl (C=O) groups excluding carboxylic acids is 5. The molecule has 0 radical (unpaired) electrons. The summed E-state index contributed by atoms with van der Waals surface area (Å²) >= 11 is 5.46. The van der Waals surface area contributed by atoms with Crippen LogP contribution in [0.2, 0.25) is 0 Å². The summed E-state index contributed by atoms with van der Waals surface area (Å²) < 4.78 is 79.1. The summed E-state index contributed by atoms with van der Waals surface area (Å²) in [5.41, 5.74) is 4.40. The molecule has 0 aromatic carbocycles. The van der Waals surface area contributed by atoms with Crippen molar-refractivity contribution in [3.8, 4) is 0 Å². The Hall–Kier alpha value is -2.66. The molecule has 2 aliphatic carbocycles. The Morgan fingerprint density at radius 1 is 0.681 bits per heavy atom. The molecule has 0 bridgehead atoms. The maximum absolute atomic E-state index is 13.0. The van der Waals surface area contributed by atoms with Gasteiger partial charge in [0.25, 0.3) is 25.8 Å². The molecule has 72 heavy (non-hydrogen) atoms. The summed E-state index contributed by atoms with van der Waals surface area (Å²) in [6, 6.07) is 0. The molecule has 4 unspecified atom stereocenters. The van der Waals surface area contributed by atoms with Gasteiger partial charge in [0, 0.05) is 20.1 Å². The Morgan fingerprint density at radius 2 is 1.04 bits per heavy atom. The Morgan fingerprint density at radius 3 is 1.35 bits per heavy atom. The van der Waals surface area contributed by atoms with Crippen molar-refractivity contribution in [3.63, 3.8) is 0 Å². The first kappa shape index (κ1) is 73.6. The Labute approximate surface area is 472 Å². The van der Waals surface area contributed by atoms with Gasteiger partial charge in [0.1, 0.15) is 12.2 Å². The van der Waals surface area contributed by atoms with E-state index in [-0.39, 0.29) is 137 Å². The summed E-state index contributed by atoms with van der Waals surface area (Å²) in [4.78, 5) is 70.7. The Kier molecular flexibility index (Phi) is 34.1. The average molecular weight is 1100 g/mol. The van der Waals surface area contributed by atoms with Crippen molar-refractivity contribution in [2.75, 3.05) is 55.1 Å². The minimum atomic E-state index is -4.42. The molecule has 0 fully saturated rings. The summed E-state index contributed by atoms with van der Waals surface area (Å²) in [7, 11) is -0.858. The number of methoxy groups -OCH3 is 4. The molecule has 4 aliphatic rings. The first-order valence-electron chi connectivity index (χ1n) is 20.7. The van der Waals surface area contributed by atoms with E-state index >= 15 is 0 Å². The average Bonchev–Trinajstić information content (AvgIpc) is 3.77. The second-order valence-electron chi connectivity index (χ2n) is 16.6. The number of esters is 2. The van der Waals surface area contributed by atoms with Crippen LogP contribution in [0.4, 0.5) is 0 Å². The van der Waals surface area contributed by atoms with Crippen LogP contribution >= 0.6 is 27.2 Å². The molecule has 0 saturated heterocycles. The molecule has 0 aromatic rings.